The number of aliphatic imine (C=N–C) groups is 2. The van der Waals surface area contributed by atoms with E-state index in [1.165, 1.54) is 38.5 Å². The molecule has 0 aromatic carbocycles. The Balaban J connectivity index is 1.63. The van der Waals surface area contributed by atoms with Crippen molar-refractivity contribution in [1.82, 2.24) is 10.2 Å². The molecule has 3 aliphatic heterocycles. The van der Waals surface area contributed by atoms with Gasteiger partial charge in [-0.3, -0.25) is 4.99 Å². The molecule has 3 atom stereocenters. The van der Waals surface area contributed by atoms with Crippen molar-refractivity contribution < 1.29 is 9.53 Å². The molecule has 2 fully saturated rings. The van der Waals surface area contributed by atoms with Crippen LogP contribution in [0.25, 0.3) is 0 Å². The number of rotatable bonds is 16. The van der Waals surface area contributed by atoms with E-state index < -0.39 is 0 Å². The Bertz CT molecular complexity index is 774. The average molecular weight is 489 g/mol. The zero-order chi connectivity index (χ0) is 25.0. The summed E-state index contributed by atoms with van der Waals surface area (Å²) in [6.07, 6.45) is 16.8. The van der Waals surface area contributed by atoms with Crippen molar-refractivity contribution in [3.8, 4) is 0 Å². The molecule has 0 saturated carbocycles. The second-order valence-electron chi connectivity index (χ2n) is 10.3. The molecular formula is C27H48N6O2. The van der Waals surface area contributed by atoms with E-state index in [0.717, 1.165) is 75.0 Å². The Morgan fingerprint density at radius 1 is 1.06 bits per heavy atom. The SMILES string of the molecule is CCCCCCC[C@H]1C[C@@H]2CCC3=C(C(=O)OCCCCN=C(N)N)C(CCCCC)N=C(N1)N32. The van der Waals surface area contributed by atoms with Gasteiger partial charge in [-0.15, -0.1) is 0 Å². The third kappa shape index (κ3) is 7.87. The van der Waals surface area contributed by atoms with Gasteiger partial charge in [0.1, 0.15) is 0 Å². The predicted octanol–water partition coefficient (Wildman–Crippen LogP) is 4.34. The number of nitrogens with two attached hydrogens (primary N) is 2. The number of unbranched alkanes of at least 4 members (excludes halogenated alkanes) is 7. The van der Waals surface area contributed by atoms with Crippen molar-refractivity contribution in [1.29, 1.82) is 0 Å². The number of allylic oxidation sites excluding steroid dienone is 1. The van der Waals surface area contributed by atoms with E-state index in [9.17, 15) is 4.79 Å². The Hall–Kier alpha value is -2.25. The number of nitrogens with one attached hydrogen (secondary N) is 1. The fourth-order valence-electron chi connectivity index (χ4n) is 5.60. The van der Waals surface area contributed by atoms with E-state index in [1.54, 1.807) is 0 Å². The highest BCUT2D eigenvalue weighted by Crippen LogP contribution is 2.40. The molecule has 3 rings (SSSR count). The van der Waals surface area contributed by atoms with Crippen LogP contribution in [0.1, 0.15) is 110 Å². The number of nitrogens with zero attached hydrogens (tertiary/aromatic N) is 3. The third-order valence-electron chi connectivity index (χ3n) is 7.45. The van der Waals surface area contributed by atoms with Crippen molar-refractivity contribution in [2.45, 2.75) is 128 Å². The van der Waals surface area contributed by atoms with Gasteiger partial charge in [-0.1, -0.05) is 65.2 Å². The molecule has 5 N–H and O–H groups in total. The maximum atomic E-state index is 13.3. The minimum Gasteiger partial charge on any atom is -0.462 e. The molecular weight excluding hydrogens is 440 g/mol. The van der Waals surface area contributed by atoms with Crippen molar-refractivity contribution in [2.24, 2.45) is 21.5 Å². The second kappa shape index (κ2) is 14.3. The first-order chi connectivity index (χ1) is 17.0. The fraction of sp³-hybridized carbons (Fsp3) is 0.815. The number of ether oxygens (including phenoxy) is 1. The highest BCUT2D eigenvalue weighted by Gasteiger charge is 2.44. The van der Waals surface area contributed by atoms with Crippen molar-refractivity contribution in [2.75, 3.05) is 13.2 Å². The van der Waals surface area contributed by atoms with Gasteiger partial charge < -0.3 is 26.4 Å². The molecule has 1 unspecified atom stereocenters. The highest BCUT2D eigenvalue weighted by molar-refractivity contribution is 5.96. The lowest BCUT2D eigenvalue weighted by Gasteiger charge is -2.42. The normalized spacial score (nSPS) is 23.0. The molecule has 0 aromatic rings. The van der Waals surface area contributed by atoms with Gasteiger partial charge in [0, 0.05) is 24.3 Å². The van der Waals surface area contributed by atoms with E-state index in [2.05, 4.69) is 29.1 Å². The van der Waals surface area contributed by atoms with E-state index >= 15 is 0 Å². The fourth-order valence-corrected chi connectivity index (χ4v) is 5.60. The van der Waals surface area contributed by atoms with E-state index in [0.29, 0.717) is 25.2 Å². The minimum absolute atomic E-state index is 0.101. The smallest absolute Gasteiger partial charge is 0.337 e. The summed E-state index contributed by atoms with van der Waals surface area (Å²) in [6.45, 7) is 5.41. The van der Waals surface area contributed by atoms with Crippen LogP contribution >= 0.6 is 0 Å². The number of hydrogen-bond donors (Lipinski definition) is 3. The first kappa shape index (κ1) is 27.3. The molecule has 3 heterocycles. The molecule has 8 heteroatoms. The van der Waals surface area contributed by atoms with Gasteiger partial charge in [-0.05, 0) is 44.9 Å². The van der Waals surface area contributed by atoms with Crippen LogP contribution in [-0.4, -0.2) is 54.1 Å². The Labute approximate surface area is 212 Å². The largest absolute Gasteiger partial charge is 0.462 e. The first-order valence-electron chi connectivity index (χ1n) is 14.1. The van der Waals surface area contributed by atoms with Gasteiger partial charge in [-0.2, -0.15) is 0 Å². The van der Waals surface area contributed by atoms with Crippen molar-refractivity contribution >= 4 is 17.9 Å². The van der Waals surface area contributed by atoms with Crippen molar-refractivity contribution in [3.05, 3.63) is 11.3 Å². The summed E-state index contributed by atoms with van der Waals surface area (Å²) in [7, 11) is 0. The number of hydrogen-bond acceptors (Lipinski definition) is 6. The van der Waals surface area contributed by atoms with Crippen LogP contribution in [0.15, 0.2) is 21.3 Å². The summed E-state index contributed by atoms with van der Waals surface area (Å²) < 4.78 is 5.74. The maximum Gasteiger partial charge on any atom is 0.337 e. The van der Waals surface area contributed by atoms with Gasteiger partial charge in [0.05, 0.1) is 18.2 Å². The van der Waals surface area contributed by atoms with Crippen LogP contribution in [0.3, 0.4) is 0 Å². The first-order valence-corrected chi connectivity index (χ1v) is 14.1. The molecule has 0 aliphatic carbocycles. The summed E-state index contributed by atoms with van der Waals surface area (Å²) in [5, 5.41) is 3.76. The van der Waals surface area contributed by atoms with E-state index in [1.807, 2.05) is 0 Å². The molecule has 0 bridgehead atoms. The number of carbonyl (C=O) groups excluding carboxylic acids is 1. The van der Waals surface area contributed by atoms with Gasteiger partial charge in [0.25, 0.3) is 0 Å². The van der Waals surface area contributed by atoms with Crippen LogP contribution in [-0.2, 0) is 9.53 Å². The van der Waals surface area contributed by atoms with Crippen LogP contribution in [0.4, 0.5) is 0 Å². The number of guanidine groups is 2. The maximum absolute atomic E-state index is 13.3. The second-order valence-corrected chi connectivity index (χ2v) is 10.3. The summed E-state index contributed by atoms with van der Waals surface area (Å²) in [5.74, 6) is 0.914. The summed E-state index contributed by atoms with van der Waals surface area (Å²) in [6, 6.07) is 0.835. The summed E-state index contributed by atoms with van der Waals surface area (Å²) in [4.78, 5) is 24.7. The van der Waals surface area contributed by atoms with E-state index in [4.69, 9.17) is 21.2 Å². The summed E-state index contributed by atoms with van der Waals surface area (Å²) >= 11 is 0. The molecule has 0 aromatic heterocycles. The Kier molecular flexibility index (Phi) is 11.2. The molecule has 0 radical (unpaired) electrons. The topological polar surface area (TPSA) is 118 Å². The molecule has 0 spiro atoms. The zero-order valence-electron chi connectivity index (χ0n) is 22.1. The molecule has 3 aliphatic rings. The van der Waals surface area contributed by atoms with Crippen LogP contribution in [0, 0.1) is 0 Å². The third-order valence-corrected chi connectivity index (χ3v) is 7.45. The number of esters is 1. The Morgan fingerprint density at radius 3 is 2.57 bits per heavy atom. The number of carbonyl (C=O) groups is 1. The van der Waals surface area contributed by atoms with Crippen LogP contribution in [0.2, 0.25) is 0 Å². The highest BCUT2D eigenvalue weighted by atomic mass is 16.5. The zero-order valence-corrected chi connectivity index (χ0v) is 22.1. The van der Waals surface area contributed by atoms with Crippen LogP contribution in [0.5, 0.6) is 0 Å². The minimum atomic E-state index is -0.190. The molecule has 198 valence electrons. The van der Waals surface area contributed by atoms with Crippen molar-refractivity contribution in [3.63, 3.8) is 0 Å². The molecule has 35 heavy (non-hydrogen) atoms. The monoisotopic (exact) mass is 488 g/mol. The standard InChI is InChI=1S/C27H48N6O2/c1-3-5-7-8-10-13-20-19-21-15-16-23-24(25(34)35-18-12-11-17-30-26(28)29)22(14-9-6-4-2)32-27(31-20)33(21)23/h20-22H,3-19H2,1-2H3,(H,31,32)(H4,28,29,30)/t20-,21-,22?/m0/s1. The lowest BCUT2D eigenvalue weighted by molar-refractivity contribution is -0.139. The molecule has 0 amide bonds. The van der Waals surface area contributed by atoms with Gasteiger partial charge in [-0.25, -0.2) is 9.79 Å². The lowest BCUT2D eigenvalue weighted by Crippen LogP contribution is -2.56. The molecule has 2 saturated heterocycles. The quantitative estimate of drug-likeness (QED) is 0.129. The lowest BCUT2D eigenvalue weighted by atomic mass is 9.95. The molecule has 8 nitrogen and oxygen atoms in total. The van der Waals surface area contributed by atoms with Gasteiger partial charge in [0.2, 0.25) is 0 Å². The predicted molar refractivity (Wildman–Crippen MR) is 143 cm³/mol. The summed E-state index contributed by atoms with van der Waals surface area (Å²) in [5.41, 5.74) is 12.7. The average Bonchev–Trinajstić information content (AvgIpc) is 3.25. The Morgan fingerprint density at radius 2 is 1.80 bits per heavy atom. The van der Waals surface area contributed by atoms with Crippen LogP contribution < -0.4 is 16.8 Å². The van der Waals surface area contributed by atoms with E-state index in [-0.39, 0.29) is 18.0 Å². The van der Waals surface area contributed by atoms with Gasteiger partial charge in [0.15, 0.2) is 11.9 Å². The van der Waals surface area contributed by atoms with Gasteiger partial charge >= 0.3 is 5.97 Å².